The lowest BCUT2D eigenvalue weighted by atomic mass is 10.2. The van der Waals surface area contributed by atoms with Gasteiger partial charge in [-0.15, -0.1) is 0 Å². The Kier molecular flexibility index (Phi) is 3.76. The first kappa shape index (κ1) is 14.0. The van der Waals surface area contributed by atoms with Crippen LogP contribution in [-0.2, 0) is 0 Å². The number of rotatable bonds is 3. The summed E-state index contributed by atoms with van der Waals surface area (Å²) in [5.41, 5.74) is 1.84. The van der Waals surface area contributed by atoms with E-state index in [2.05, 4.69) is 26.6 Å². The van der Waals surface area contributed by atoms with Crippen LogP contribution in [0.25, 0.3) is 11.1 Å². The first-order valence-electron chi connectivity index (χ1n) is 8.40. The molecule has 2 aliphatic heterocycles. The van der Waals surface area contributed by atoms with Gasteiger partial charge in [0.15, 0.2) is 5.58 Å². The molecule has 3 heterocycles. The van der Waals surface area contributed by atoms with Crippen LogP contribution < -0.4 is 4.90 Å². The van der Waals surface area contributed by atoms with E-state index in [9.17, 15) is 0 Å². The van der Waals surface area contributed by atoms with Crippen LogP contribution >= 0.6 is 0 Å². The zero-order valence-corrected chi connectivity index (χ0v) is 13.2. The van der Waals surface area contributed by atoms with Gasteiger partial charge in [-0.25, -0.2) is 0 Å². The molecule has 22 heavy (non-hydrogen) atoms. The van der Waals surface area contributed by atoms with Crippen LogP contribution in [0.15, 0.2) is 28.7 Å². The predicted molar refractivity (Wildman–Crippen MR) is 88.3 cm³/mol. The Morgan fingerprint density at radius 2 is 1.95 bits per heavy atom. The molecular weight excluding hydrogens is 276 g/mol. The minimum atomic E-state index is 0.647. The number of aromatic nitrogens is 1. The van der Waals surface area contributed by atoms with E-state index < -0.39 is 0 Å². The Labute approximate surface area is 131 Å². The number of hydrogen-bond acceptors (Lipinski definition) is 5. The van der Waals surface area contributed by atoms with Crippen molar-refractivity contribution in [2.24, 2.45) is 0 Å². The van der Waals surface area contributed by atoms with E-state index in [0.717, 1.165) is 30.2 Å². The number of para-hydroxylation sites is 2. The van der Waals surface area contributed by atoms with Crippen molar-refractivity contribution in [3.05, 3.63) is 24.3 Å². The smallest absolute Gasteiger partial charge is 0.298 e. The lowest BCUT2D eigenvalue weighted by Gasteiger charge is -2.37. The van der Waals surface area contributed by atoms with Gasteiger partial charge in [0.25, 0.3) is 6.01 Å². The third-order valence-electron chi connectivity index (χ3n) is 5.09. The average molecular weight is 300 g/mol. The van der Waals surface area contributed by atoms with Gasteiger partial charge in [-0.05, 0) is 25.1 Å². The normalized spacial score (nSPS) is 24.4. The van der Waals surface area contributed by atoms with Crippen molar-refractivity contribution in [2.75, 3.05) is 50.7 Å². The van der Waals surface area contributed by atoms with Crippen molar-refractivity contribution in [3.63, 3.8) is 0 Å². The molecule has 1 atom stereocenters. The lowest BCUT2D eigenvalue weighted by molar-refractivity contribution is 0.107. The Balaban J connectivity index is 1.42. The molecule has 2 saturated heterocycles. The second-order valence-electron chi connectivity index (χ2n) is 6.32. The fraction of sp³-hybridized carbons (Fsp3) is 0.588. The molecular formula is C17H24N4O. The van der Waals surface area contributed by atoms with Gasteiger partial charge in [0.05, 0.1) is 0 Å². The van der Waals surface area contributed by atoms with E-state index in [4.69, 9.17) is 4.42 Å². The third-order valence-corrected chi connectivity index (χ3v) is 5.09. The quantitative estimate of drug-likeness (QED) is 0.867. The van der Waals surface area contributed by atoms with Gasteiger partial charge in [-0.1, -0.05) is 19.1 Å². The molecule has 2 aromatic rings. The van der Waals surface area contributed by atoms with E-state index in [0.29, 0.717) is 6.04 Å². The molecule has 1 unspecified atom stereocenters. The average Bonchev–Trinajstić information content (AvgIpc) is 3.21. The maximum atomic E-state index is 5.91. The van der Waals surface area contributed by atoms with Crippen LogP contribution in [0.5, 0.6) is 0 Å². The zero-order chi connectivity index (χ0) is 14.9. The van der Waals surface area contributed by atoms with E-state index in [-0.39, 0.29) is 0 Å². The summed E-state index contributed by atoms with van der Waals surface area (Å²) >= 11 is 0. The van der Waals surface area contributed by atoms with Gasteiger partial charge in [-0.2, -0.15) is 4.98 Å². The van der Waals surface area contributed by atoms with Crippen LogP contribution in [-0.4, -0.2) is 66.6 Å². The molecule has 5 heteroatoms. The molecule has 5 nitrogen and oxygen atoms in total. The predicted octanol–water partition coefficient (Wildman–Crippen LogP) is 2.04. The zero-order valence-electron chi connectivity index (χ0n) is 13.2. The standard InChI is InChI=1S/C17H24N4O/c1-2-19-9-11-20(12-10-19)14-7-8-21(13-14)17-18-15-5-3-4-6-16(15)22-17/h3-6,14H,2,7-13H2,1H3. The summed E-state index contributed by atoms with van der Waals surface area (Å²) in [5.74, 6) is 0. The van der Waals surface area contributed by atoms with Crippen LogP contribution in [0.4, 0.5) is 6.01 Å². The monoisotopic (exact) mass is 300 g/mol. The Bertz CT molecular complexity index is 599. The summed E-state index contributed by atoms with van der Waals surface area (Å²) in [4.78, 5) is 12.1. The van der Waals surface area contributed by atoms with E-state index in [1.807, 2.05) is 24.3 Å². The minimum Gasteiger partial charge on any atom is -0.423 e. The van der Waals surface area contributed by atoms with Gasteiger partial charge < -0.3 is 14.2 Å². The number of benzene rings is 1. The highest BCUT2D eigenvalue weighted by atomic mass is 16.4. The molecule has 0 N–H and O–H groups in total. The molecule has 0 aliphatic carbocycles. The topological polar surface area (TPSA) is 35.8 Å². The molecule has 2 aliphatic rings. The maximum Gasteiger partial charge on any atom is 0.298 e. The molecule has 1 aromatic heterocycles. The molecule has 0 amide bonds. The van der Waals surface area contributed by atoms with Crippen molar-refractivity contribution in [2.45, 2.75) is 19.4 Å². The van der Waals surface area contributed by atoms with Crippen LogP contribution in [0.1, 0.15) is 13.3 Å². The second-order valence-corrected chi connectivity index (χ2v) is 6.32. The van der Waals surface area contributed by atoms with Crippen molar-refractivity contribution in [3.8, 4) is 0 Å². The summed E-state index contributed by atoms with van der Waals surface area (Å²) in [6.45, 7) is 10.3. The first-order chi connectivity index (χ1) is 10.8. The summed E-state index contributed by atoms with van der Waals surface area (Å²) in [7, 11) is 0. The molecule has 0 radical (unpaired) electrons. The highest BCUT2D eigenvalue weighted by Crippen LogP contribution is 2.26. The van der Waals surface area contributed by atoms with Gasteiger partial charge in [0.2, 0.25) is 0 Å². The minimum absolute atomic E-state index is 0.647. The number of anilines is 1. The molecule has 0 saturated carbocycles. The van der Waals surface area contributed by atoms with E-state index in [1.165, 1.54) is 39.1 Å². The Hall–Kier alpha value is -1.59. The lowest BCUT2D eigenvalue weighted by Crippen LogP contribution is -2.50. The number of oxazole rings is 1. The summed E-state index contributed by atoms with van der Waals surface area (Å²) in [6.07, 6.45) is 1.21. The van der Waals surface area contributed by atoms with Crippen LogP contribution in [0, 0.1) is 0 Å². The van der Waals surface area contributed by atoms with Gasteiger partial charge in [0.1, 0.15) is 5.52 Å². The molecule has 118 valence electrons. The van der Waals surface area contributed by atoms with Crippen LogP contribution in [0.2, 0.25) is 0 Å². The Morgan fingerprint density at radius 1 is 1.14 bits per heavy atom. The third kappa shape index (κ3) is 2.59. The fourth-order valence-electron chi connectivity index (χ4n) is 3.65. The maximum absolute atomic E-state index is 5.91. The number of hydrogen-bond donors (Lipinski definition) is 0. The molecule has 0 bridgehead atoms. The molecule has 1 aromatic carbocycles. The fourth-order valence-corrected chi connectivity index (χ4v) is 3.65. The first-order valence-corrected chi connectivity index (χ1v) is 8.40. The number of fused-ring (bicyclic) bond motifs is 1. The van der Waals surface area contributed by atoms with Crippen LogP contribution in [0.3, 0.4) is 0 Å². The van der Waals surface area contributed by atoms with Crippen molar-refractivity contribution < 1.29 is 4.42 Å². The largest absolute Gasteiger partial charge is 0.423 e. The van der Waals surface area contributed by atoms with E-state index >= 15 is 0 Å². The van der Waals surface area contributed by atoms with Gasteiger partial charge in [-0.3, -0.25) is 4.90 Å². The molecule has 0 spiro atoms. The highest BCUT2D eigenvalue weighted by molar-refractivity contribution is 5.74. The van der Waals surface area contributed by atoms with E-state index in [1.54, 1.807) is 0 Å². The molecule has 4 rings (SSSR count). The van der Waals surface area contributed by atoms with Crippen molar-refractivity contribution >= 4 is 17.1 Å². The second kappa shape index (κ2) is 5.89. The van der Waals surface area contributed by atoms with Crippen molar-refractivity contribution in [1.82, 2.24) is 14.8 Å². The molecule has 2 fully saturated rings. The summed E-state index contributed by atoms with van der Waals surface area (Å²) in [6, 6.07) is 9.44. The number of piperazine rings is 1. The SMILES string of the molecule is CCN1CCN(C2CCN(c3nc4ccccc4o3)C2)CC1. The van der Waals surface area contributed by atoms with Crippen molar-refractivity contribution in [1.29, 1.82) is 0 Å². The van der Waals surface area contributed by atoms with Gasteiger partial charge in [0, 0.05) is 45.3 Å². The van der Waals surface area contributed by atoms with Gasteiger partial charge >= 0.3 is 0 Å². The number of likely N-dealkylation sites (N-methyl/N-ethyl adjacent to an activating group) is 1. The summed E-state index contributed by atoms with van der Waals surface area (Å²) < 4.78 is 5.91. The summed E-state index contributed by atoms with van der Waals surface area (Å²) in [5, 5.41) is 0. The number of nitrogens with zero attached hydrogens (tertiary/aromatic N) is 4. The Morgan fingerprint density at radius 3 is 2.73 bits per heavy atom. The highest BCUT2D eigenvalue weighted by Gasteiger charge is 2.31.